The highest BCUT2D eigenvalue weighted by molar-refractivity contribution is 6.34. The zero-order valence-electron chi connectivity index (χ0n) is 12.1. The van der Waals surface area contributed by atoms with E-state index >= 15 is 0 Å². The number of hydrogen-bond donors (Lipinski definition) is 3. The van der Waals surface area contributed by atoms with E-state index in [0.717, 1.165) is 16.5 Å². The molecule has 23 heavy (non-hydrogen) atoms. The van der Waals surface area contributed by atoms with Crippen molar-refractivity contribution >= 4 is 40.0 Å². The molecule has 0 spiro atoms. The Balaban J connectivity index is 1.75. The van der Waals surface area contributed by atoms with Crippen LogP contribution in [0.1, 0.15) is 15.9 Å². The van der Waals surface area contributed by atoms with E-state index in [1.165, 1.54) is 12.1 Å². The Kier molecular flexibility index (Phi) is 4.04. The number of primary amides is 1. The number of carbonyl (C=O) groups is 2. The van der Waals surface area contributed by atoms with Crippen LogP contribution in [-0.2, 0) is 11.2 Å². The van der Waals surface area contributed by atoms with Crippen molar-refractivity contribution in [3.63, 3.8) is 0 Å². The third-order valence-electron chi connectivity index (χ3n) is 3.54. The molecule has 0 radical (unpaired) electrons. The molecule has 1 aromatic heterocycles. The van der Waals surface area contributed by atoms with Gasteiger partial charge >= 0.3 is 0 Å². The minimum absolute atomic E-state index is 0.169. The monoisotopic (exact) mass is 327 g/mol. The quantitative estimate of drug-likeness (QED) is 0.687. The number of anilines is 1. The van der Waals surface area contributed by atoms with Gasteiger partial charge in [-0.15, -0.1) is 0 Å². The van der Waals surface area contributed by atoms with Gasteiger partial charge in [0, 0.05) is 22.8 Å². The molecule has 0 saturated carbocycles. The van der Waals surface area contributed by atoms with Crippen molar-refractivity contribution in [3.8, 4) is 0 Å². The summed E-state index contributed by atoms with van der Waals surface area (Å²) in [6.07, 6.45) is 2.06. The molecule has 3 aromatic rings. The van der Waals surface area contributed by atoms with Crippen LogP contribution in [0.15, 0.2) is 48.7 Å². The Morgan fingerprint density at radius 3 is 2.70 bits per heavy atom. The maximum atomic E-state index is 12.2. The van der Waals surface area contributed by atoms with Crippen molar-refractivity contribution in [2.24, 2.45) is 5.73 Å². The SMILES string of the molecule is NC(=O)c1ccc(NC(=O)Cc2c[nH]c3ccccc23)cc1Cl. The van der Waals surface area contributed by atoms with Crippen LogP contribution in [-0.4, -0.2) is 16.8 Å². The lowest BCUT2D eigenvalue weighted by molar-refractivity contribution is -0.115. The van der Waals surface area contributed by atoms with Crippen LogP contribution in [0.25, 0.3) is 10.9 Å². The first-order valence-corrected chi connectivity index (χ1v) is 7.36. The summed E-state index contributed by atoms with van der Waals surface area (Å²) >= 11 is 5.97. The van der Waals surface area contributed by atoms with Gasteiger partial charge in [-0.3, -0.25) is 9.59 Å². The van der Waals surface area contributed by atoms with Crippen LogP contribution >= 0.6 is 11.6 Å². The number of fused-ring (bicyclic) bond motifs is 1. The minimum atomic E-state index is -0.605. The summed E-state index contributed by atoms with van der Waals surface area (Å²) in [7, 11) is 0. The summed E-state index contributed by atoms with van der Waals surface area (Å²) in [5.74, 6) is -0.774. The van der Waals surface area contributed by atoms with Crippen molar-refractivity contribution in [2.45, 2.75) is 6.42 Å². The summed E-state index contributed by atoms with van der Waals surface area (Å²) in [5, 5.41) is 3.99. The maximum absolute atomic E-state index is 12.2. The van der Waals surface area contributed by atoms with Crippen molar-refractivity contribution in [3.05, 3.63) is 64.8 Å². The lowest BCUT2D eigenvalue weighted by atomic mass is 10.1. The van der Waals surface area contributed by atoms with Crippen LogP contribution in [0.4, 0.5) is 5.69 Å². The van der Waals surface area contributed by atoms with Crippen LogP contribution in [0.5, 0.6) is 0 Å². The molecule has 0 fully saturated rings. The number of carbonyl (C=O) groups excluding carboxylic acids is 2. The molecule has 116 valence electrons. The highest BCUT2D eigenvalue weighted by Crippen LogP contribution is 2.22. The lowest BCUT2D eigenvalue weighted by Gasteiger charge is -2.07. The predicted octanol–water partition coefficient (Wildman–Crippen LogP) is 3.10. The predicted molar refractivity (Wildman–Crippen MR) is 90.6 cm³/mol. The van der Waals surface area contributed by atoms with E-state index in [1.54, 1.807) is 6.07 Å². The number of benzene rings is 2. The average Bonchev–Trinajstić information content (AvgIpc) is 2.90. The van der Waals surface area contributed by atoms with Crippen LogP contribution in [0.3, 0.4) is 0 Å². The standard InChI is InChI=1S/C17H14ClN3O2/c18-14-8-11(5-6-13(14)17(19)23)21-16(22)7-10-9-20-15-4-2-1-3-12(10)15/h1-6,8-9,20H,7H2,(H2,19,23)(H,21,22). The summed E-state index contributed by atoms with van der Waals surface area (Å²) in [6, 6.07) is 12.4. The van der Waals surface area contributed by atoms with Gasteiger partial charge in [0.2, 0.25) is 11.8 Å². The Hall–Kier alpha value is -2.79. The second kappa shape index (κ2) is 6.14. The fraction of sp³-hybridized carbons (Fsp3) is 0.0588. The molecule has 0 atom stereocenters. The molecule has 5 nitrogen and oxygen atoms in total. The molecule has 0 aliphatic heterocycles. The molecule has 0 aliphatic rings. The third kappa shape index (κ3) is 3.19. The molecule has 4 N–H and O–H groups in total. The van der Waals surface area contributed by atoms with E-state index < -0.39 is 5.91 Å². The van der Waals surface area contributed by atoms with Gasteiger partial charge in [-0.1, -0.05) is 29.8 Å². The number of aromatic amines is 1. The van der Waals surface area contributed by atoms with Crippen molar-refractivity contribution < 1.29 is 9.59 Å². The second-order valence-electron chi connectivity index (χ2n) is 5.14. The fourth-order valence-corrected chi connectivity index (χ4v) is 2.72. The van der Waals surface area contributed by atoms with Gasteiger partial charge in [0.1, 0.15) is 0 Å². The molecular formula is C17H14ClN3O2. The van der Waals surface area contributed by atoms with E-state index in [1.807, 2.05) is 30.5 Å². The van der Waals surface area contributed by atoms with Crippen molar-refractivity contribution in [1.82, 2.24) is 4.98 Å². The number of nitrogens with two attached hydrogens (primary N) is 1. The van der Waals surface area contributed by atoms with Crippen LogP contribution < -0.4 is 11.1 Å². The lowest BCUT2D eigenvalue weighted by Crippen LogP contribution is -2.15. The van der Waals surface area contributed by atoms with Gasteiger partial charge in [-0.2, -0.15) is 0 Å². The maximum Gasteiger partial charge on any atom is 0.250 e. The molecule has 2 aromatic carbocycles. The Bertz CT molecular complexity index is 902. The van der Waals surface area contributed by atoms with Gasteiger partial charge < -0.3 is 16.0 Å². The van der Waals surface area contributed by atoms with E-state index in [2.05, 4.69) is 10.3 Å². The second-order valence-corrected chi connectivity index (χ2v) is 5.55. The normalized spacial score (nSPS) is 10.7. The summed E-state index contributed by atoms with van der Waals surface area (Å²) in [5.41, 5.74) is 7.84. The van der Waals surface area contributed by atoms with E-state index in [9.17, 15) is 9.59 Å². The van der Waals surface area contributed by atoms with Gasteiger partial charge in [-0.25, -0.2) is 0 Å². The summed E-state index contributed by atoms with van der Waals surface area (Å²) in [4.78, 5) is 26.5. The number of H-pyrrole nitrogens is 1. The molecule has 0 unspecified atom stereocenters. The van der Waals surface area contributed by atoms with E-state index in [4.69, 9.17) is 17.3 Å². The zero-order chi connectivity index (χ0) is 16.4. The number of aromatic nitrogens is 1. The highest BCUT2D eigenvalue weighted by Gasteiger charge is 2.11. The van der Waals surface area contributed by atoms with E-state index in [0.29, 0.717) is 5.69 Å². The number of amides is 2. The number of hydrogen-bond acceptors (Lipinski definition) is 2. The van der Waals surface area contributed by atoms with Crippen LogP contribution in [0, 0.1) is 0 Å². The van der Waals surface area contributed by atoms with Crippen molar-refractivity contribution in [1.29, 1.82) is 0 Å². The average molecular weight is 328 g/mol. The molecular weight excluding hydrogens is 314 g/mol. The molecule has 0 aliphatic carbocycles. The van der Waals surface area contributed by atoms with E-state index in [-0.39, 0.29) is 22.9 Å². The Morgan fingerprint density at radius 2 is 1.96 bits per heavy atom. The smallest absolute Gasteiger partial charge is 0.250 e. The first kappa shape index (κ1) is 15.1. The molecule has 6 heteroatoms. The van der Waals surface area contributed by atoms with Gasteiger partial charge in [0.05, 0.1) is 17.0 Å². The van der Waals surface area contributed by atoms with Gasteiger partial charge in [0.15, 0.2) is 0 Å². The number of para-hydroxylation sites is 1. The zero-order valence-corrected chi connectivity index (χ0v) is 12.9. The largest absolute Gasteiger partial charge is 0.366 e. The van der Waals surface area contributed by atoms with Crippen molar-refractivity contribution in [2.75, 3.05) is 5.32 Å². The molecule has 3 rings (SSSR count). The summed E-state index contributed by atoms with van der Waals surface area (Å²) in [6.45, 7) is 0. The number of nitrogens with one attached hydrogen (secondary N) is 2. The third-order valence-corrected chi connectivity index (χ3v) is 3.86. The van der Waals surface area contributed by atoms with Gasteiger partial charge in [0.25, 0.3) is 0 Å². The first-order chi connectivity index (χ1) is 11.0. The first-order valence-electron chi connectivity index (χ1n) is 6.99. The Morgan fingerprint density at radius 1 is 1.17 bits per heavy atom. The molecule has 0 bridgehead atoms. The Labute approximate surface area is 137 Å². The van der Waals surface area contributed by atoms with Gasteiger partial charge in [-0.05, 0) is 29.8 Å². The fourth-order valence-electron chi connectivity index (χ4n) is 2.45. The molecule has 0 saturated heterocycles. The topological polar surface area (TPSA) is 88.0 Å². The summed E-state index contributed by atoms with van der Waals surface area (Å²) < 4.78 is 0. The number of rotatable bonds is 4. The molecule has 1 heterocycles. The van der Waals surface area contributed by atoms with Crippen LogP contribution in [0.2, 0.25) is 5.02 Å². The minimum Gasteiger partial charge on any atom is -0.366 e. The number of halogens is 1. The molecule has 2 amide bonds. The highest BCUT2D eigenvalue weighted by atomic mass is 35.5.